The van der Waals surface area contributed by atoms with Crippen molar-refractivity contribution in [3.8, 4) is 5.75 Å². The fourth-order valence-electron chi connectivity index (χ4n) is 2.72. The van der Waals surface area contributed by atoms with E-state index in [0.29, 0.717) is 5.41 Å². The fraction of sp³-hybridized carbons (Fsp3) is 0.647. The molecule has 0 aliphatic rings. The van der Waals surface area contributed by atoms with Crippen molar-refractivity contribution in [2.75, 3.05) is 20.2 Å². The topological polar surface area (TPSA) is 21.3 Å². The van der Waals surface area contributed by atoms with Gasteiger partial charge in [0.1, 0.15) is 5.75 Å². The molecule has 0 bridgehead atoms. The SMILES string of the molecule is CCCNCC(C)(CCC)Cc1ccc(OC)c(Br)c1. The maximum absolute atomic E-state index is 5.30. The average Bonchev–Trinajstić information content (AvgIpc) is 2.39. The van der Waals surface area contributed by atoms with Gasteiger partial charge in [-0.15, -0.1) is 0 Å². The van der Waals surface area contributed by atoms with Crippen LogP contribution in [0.25, 0.3) is 0 Å². The van der Waals surface area contributed by atoms with E-state index < -0.39 is 0 Å². The van der Waals surface area contributed by atoms with Crippen molar-refractivity contribution in [3.05, 3.63) is 28.2 Å². The second-order valence-electron chi connectivity index (χ2n) is 5.88. The highest BCUT2D eigenvalue weighted by Gasteiger charge is 2.23. The van der Waals surface area contributed by atoms with E-state index >= 15 is 0 Å². The summed E-state index contributed by atoms with van der Waals surface area (Å²) in [6.07, 6.45) is 4.76. The molecular weight excluding hydrogens is 314 g/mol. The van der Waals surface area contributed by atoms with Crippen LogP contribution in [0.4, 0.5) is 0 Å². The van der Waals surface area contributed by atoms with E-state index in [2.05, 4.69) is 54.2 Å². The molecule has 0 aromatic heterocycles. The minimum Gasteiger partial charge on any atom is -0.496 e. The highest BCUT2D eigenvalue weighted by molar-refractivity contribution is 9.10. The summed E-state index contributed by atoms with van der Waals surface area (Å²) in [5.41, 5.74) is 1.68. The largest absolute Gasteiger partial charge is 0.496 e. The van der Waals surface area contributed by atoms with E-state index in [9.17, 15) is 0 Å². The molecule has 0 radical (unpaired) electrons. The Hall–Kier alpha value is -0.540. The number of hydrogen-bond donors (Lipinski definition) is 1. The summed E-state index contributed by atoms with van der Waals surface area (Å²) in [5.74, 6) is 0.898. The maximum Gasteiger partial charge on any atom is 0.133 e. The molecule has 3 heteroatoms. The van der Waals surface area contributed by atoms with Crippen LogP contribution in [-0.4, -0.2) is 20.2 Å². The lowest BCUT2D eigenvalue weighted by Gasteiger charge is -2.30. The van der Waals surface area contributed by atoms with Gasteiger partial charge in [-0.05, 0) is 64.8 Å². The number of hydrogen-bond acceptors (Lipinski definition) is 2. The summed E-state index contributed by atoms with van der Waals surface area (Å²) in [4.78, 5) is 0. The monoisotopic (exact) mass is 341 g/mol. The van der Waals surface area contributed by atoms with Crippen LogP contribution >= 0.6 is 15.9 Å². The number of methoxy groups -OCH3 is 1. The maximum atomic E-state index is 5.30. The summed E-state index contributed by atoms with van der Waals surface area (Å²) >= 11 is 3.58. The summed E-state index contributed by atoms with van der Waals surface area (Å²) in [5, 5.41) is 3.58. The van der Waals surface area contributed by atoms with Crippen LogP contribution < -0.4 is 10.1 Å². The number of ether oxygens (including phenoxy) is 1. The van der Waals surface area contributed by atoms with Gasteiger partial charge in [0.05, 0.1) is 11.6 Å². The first-order chi connectivity index (χ1) is 9.54. The van der Waals surface area contributed by atoms with Gasteiger partial charge in [-0.1, -0.05) is 33.3 Å². The van der Waals surface area contributed by atoms with Crippen molar-refractivity contribution in [2.45, 2.75) is 46.5 Å². The van der Waals surface area contributed by atoms with E-state index in [0.717, 1.165) is 29.7 Å². The molecule has 0 amide bonds. The van der Waals surface area contributed by atoms with Crippen molar-refractivity contribution in [3.63, 3.8) is 0 Å². The number of halogens is 1. The zero-order chi connectivity index (χ0) is 15.0. The Bertz CT molecular complexity index is 408. The molecule has 1 aromatic rings. The quantitative estimate of drug-likeness (QED) is 0.651. The highest BCUT2D eigenvalue weighted by Crippen LogP contribution is 2.31. The molecule has 0 aliphatic heterocycles. The van der Waals surface area contributed by atoms with Gasteiger partial charge in [-0.25, -0.2) is 0 Å². The van der Waals surface area contributed by atoms with Crippen LogP contribution in [-0.2, 0) is 6.42 Å². The molecule has 2 nitrogen and oxygen atoms in total. The van der Waals surface area contributed by atoms with Gasteiger partial charge in [0.15, 0.2) is 0 Å². The van der Waals surface area contributed by atoms with Crippen LogP contribution in [0.15, 0.2) is 22.7 Å². The average molecular weight is 342 g/mol. The van der Waals surface area contributed by atoms with Crippen molar-refractivity contribution >= 4 is 15.9 Å². The van der Waals surface area contributed by atoms with Crippen molar-refractivity contribution < 1.29 is 4.74 Å². The van der Waals surface area contributed by atoms with Gasteiger partial charge in [0.2, 0.25) is 0 Å². The third-order valence-electron chi connectivity index (χ3n) is 3.68. The number of benzene rings is 1. The van der Waals surface area contributed by atoms with Gasteiger partial charge in [0.25, 0.3) is 0 Å². The first-order valence-corrected chi connectivity index (χ1v) is 8.37. The smallest absolute Gasteiger partial charge is 0.133 e. The van der Waals surface area contributed by atoms with E-state index in [1.165, 1.54) is 24.8 Å². The summed E-state index contributed by atoms with van der Waals surface area (Å²) in [6, 6.07) is 6.41. The van der Waals surface area contributed by atoms with Crippen LogP contribution in [0, 0.1) is 5.41 Å². The lowest BCUT2D eigenvalue weighted by atomic mass is 9.79. The molecule has 1 atom stereocenters. The highest BCUT2D eigenvalue weighted by atomic mass is 79.9. The van der Waals surface area contributed by atoms with Crippen molar-refractivity contribution in [1.82, 2.24) is 5.32 Å². The minimum absolute atomic E-state index is 0.317. The van der Waals surface area contributed by atoms with Crippen LogP contribution in [0.3, 0.4) is 0 Å². The first-order valence-electron chi connectivity index (χ1n) is 7.57. The standard InChI is InChI=1S/C17H28BrNO/c1-5-9-17(3,13-19-10-6-2)12-14-7-8-16(20-4)15(18)11-14/h7-8,11,19H,5-6,9-10,12-13H2,1-4H3. The first kappa shape index (κ1) is 17.5. The predicted octanol–water partition coefficient (Wildman–Crippen LogP) is 4.81. The molecule has 114 valence electrons. The van der Waals surface area contributed by atoms with Crippen LogP contribution in [0.5, 0.6) is 5.75 Å². The van der Waals surface area contributed by atoms with Crippen LogP contribution in [0.1, 0.15) is 45.6 Å². The van der Waals surface area contributed by atoms with Gasteiger partial charge < -0.3 is 10.1 Å². The third kappa shape index (κ3) is 5.45. The normalized spacial score (nSPS) is 14.1. The summed E-state index contributed by atoms with van der Waals surface area (Å²) in [7, 11) is 1.70. The molecule has 0 fully saturated rings. The predicted molar refractivity (Wildman–Crippen MR) is 90.6 cm³/mol. The minimum atomic E-state index is 0.317. The Morgan fingerprint density at radius 2 is 2.00 bits per heavy atom. The van der Waals surface area contributed by atoms with Gasteiger partial charge in [0, 0.05) is 6.54 Å². The molecule has 0 spiro atoms. The van der Waals surface area contributed by atoms with Crippen LogP contribution in [0.2, 0.25) is 0 Å². The molecule has 1 aromatic carbocycles. The Morgan fingerprint density at radius 3 is 2.55 bits per heavy atom. The van der Waals surface area contributed by atoms with E-state index in [-0.39, 0.29) is 0 Å². The molecule has 0 aliphatic carbocycles. The second-order valence-corrected chi connectivity index (χ2v) is 6.74. The van der Waals surface area contributed by atoms with Gasteiger partial charge in [-0.3, -0.25) is 0 Å². The molecule has 0 saturated carbocycles. The lowest BCUT2D eigenvalue weighted by Crippen LogP contribution is -2.34. The third-order valence-corrected chi connectivity index (χ3v) is 4.30. The second kappa shape index (κ2) is 8.68. The van der Waals surface area contributed by atoms with Gasteiger partial charge >= 0.3 is 0 Å². The van der Waals surface area contributed by atoms with E-state index in [4.69, 9.17) is 4.74 Å². The Labute approximate surface area is 132 Å². The summed E-state index contributed by atoms with van der Waals surface area (Å²) < 4.78 is 6.34. The molecule has 1 rings (SSSR count). The van der Waals surface area contributed by atoms with E-state index in [1.807, 2.05) is 6.07 Å². The Morgan fingerprint density at radius 1 is 1.25 bits per heavy atom. The summed E-state index contributed by atoms with van der Waals surface area (Å²) in [6.45, 7) is 9.05. The Balaban J connectivity index is 2.75. The number of rotatable bonds is 9. The zero-order valence-electron chi connectivity index (χ0n) is 13.3. The van der Waals surface area contributed by atoms with Crippen molar-refractivity contribution in [1.29, 1.82) is 0 Å². The lowest BCUT2D eigenvalue weighted by molar-refractivity contribution is 0.275. The molecule has 0 heterocycles. The van der Waals surface area contributed by atoms with E-state index in [1.54, 1.807) is 7.11 Å². The fourth-order valence-corrected chi connectivity index (χ4v) is 3.31. The molecule has 20 heavy (non-hydrogen) atoms. The molecule has 1 unspecified atom stereocenters. The Kier molecular flexibility index (Phi) is 7.60. The molecule has 0 saturated heterocycles. The zero-order valence-corrected chi connectivity index (χ0v) is 14.8. The molecule has 1 N–H and O–H groups in total. The van der Waals surface area contributed by atoms with Crippen molar-refractivity contribution in [2.24, 2.45) is 5.41 Å². The van der Waals surface area contributed by atoms with Gasteiger partial charge in [-0.2, -0.15) is 0 Å². The number of nitrogens with one attached hydrogen (secondary N) is 1. The molecular formula is C17H28BrNO.